The van der Waals surface area contributed by atoms with E-state index < -0.39 is 0 Å². The molecule has 2 atom stereocenters. The Bertz CT molecular complexity index is 425. The van der Waals surface area contributed by atoms with Crippen molar-refractivity contribution in [1.82, 2.24) is 5.32 Å². The monoisotopic (exact) mass is 333 g/mol. The maximum Gasteiger partial charge on any atom is 0.146 e. The van der Waals surface area contributed by atoms with Gasteiger partial charge in [-0.3, -0.25) is 0 Å². The van der Waals surface area contributed by atoms with E-state index in [1.165, 1.54) is 0 Å². The fraction of sp³-hybridized carbons (Fsp3) is 0.571. The first-order valence-electron chi connectivity index (χ1n) is 6.52. The minimum atomic E-state index is -0.263. The number of rotatable bonds is 4. The summed E-state index contributed by atoms with van der Waals surface area (Å²) in [6.07, 6.45) is 4.42. The molecule has 0 bridgehead atoms. The van der Waals surface area contributed by atoms with Crippen LogP contribution in [0.1, 0.15) is 44.1 Å². The standard InChI is InChI=1S/C14H18BrClFN/c1-2-8-18-12-5-3-4-9(12)10-6-7-11(15)13(16)14(10)17/h6-7,9,12,18H,2-5,8H2,1H3. The number of nitrogens with one attached hydrogen (secondary N) is 1. The van der Waals surface area contributed by atoms with Gasteiger partial charge < -0.3 is 5.32 Å². The van der Waals surface area contributed by atoms with Crippen molar-refractivity contribution in [3.8, 4) is 0 Å². The van der Waals surface area contributed by atoms with Crippen LogP contribution in [0.4, 0.5) is 4.39 Å². The summed E-state index contributed by atoms with van der Waals surface area (Å²) >= 11 is 9.23. The number of benzene rings is 1. The van der Waals surface area contributed by atoms with Gasteiger partial charge in [-0.25, -0.2) is 4.39 Å². The van der Waals surface area contributed by atoms with Gasteiger partial charge in [0.2, 0.25) is 0 Å². The highest BCUT2D eigenvalue weighted by Gasteiger charge is 2.30. The first-order chi connectivity index (χ1) is 8.65. The maximum absolute atomic E-state index is 14.2. The van der Waals surface area contributed by atoms with Crippen molar-refractivity contribution < 1.29 is 4.39 Å². The van der Waals surface area contributed by atoms with Crippen LogP contribution in [0.5, 0.6) is 0 Å². The van der Waals surface area contributed by atoms with Gasteiger partial charge >= 0.3 is 0 Å². The second kappa shape index (κ2) is 6.36. The average Bonchev–Trinajstić information content (AvgIpc) is 2.82. The van der Waals surface area contributed by atoms with Crippen molar-refractivity contribution >= 4 is 27.5 Å². The predicted octanol–water partition coefficient (Wildman–Crippen LogP) is 4.88. The van der Waals surface area contributed by atoms with E-state index in [0.29, 0.717) is 10.5 Å². The fourth-order valence-electron chi connectivity index (χ4n) is 2.73. The minimum Gasteiger partial charge on any atom is -0.313 e. The molecule has 0 aromatic heterocycles. The molecule has 0 heterocycles. The van der Waals surface area contributed by atoms with Crippen LogP contribution in [0.25, 0.3) is 0 Å². The van der Waals surface area contributed by atoms with Gasteiger partial charge in [0.15, 0.2) is 0 Å². The smallest absolute Gasteiger partial charge is 0.146 e. The highest BCUT2D eigenvalue weighted by atomic mass is 79.9. The lowest BCUT2D eigenvalue weighted by atomic mass is 9.93. The Morgan fingerprint density at radius 2 is 2.22 bits per heavy atom. The summed E-state index contributed by atoms with van der Waals surface area (Å²) < 4.78 is 14.8. The van der Waals surface area contributed by atoms with Crippen molar-refractivity contribution in [2.24, 2.45) is 0 Å². The van der Waals surface area contributed by atoms with E-state index in [0.717, 1.165) is 37.8 Å². The molecule has 1 aliphatic carbocycles. The van der Waals surface area contributed by atoms with Gasteiger partial charge in [0, 0.05) is 16.4 Å². The Hall–Kier alpha value is -0.120. The van der Waals surface area contributed by atoms with Gasteiger partial charge in [-0.2, -0.15) is 0 Å². The zero-order valence-electron chi connectivity index (χ0n) is 10.5. The first kappa shape index (κ1) is 14.3. The van der Waals surface area contributed by atoms with Crippen molar-refractivity contribution in [2.45, 2.75) is 44.6 Å². The summed E-state index contributed by atoms with van der Waals surface area (Å²) in [6, 6.07) is 4.09. The topological polar surface area (TPSA) is 12.0 Å². The van der Waals surface area contributed by atoms with Crippen LogP contribution in [-0.2, 0) is 0 Å². The Morgan fingerprint density at radius 1 is 1.44 bits per heavy atom. The van der Waals surface area contributed by atoms with E-state index in [4.69, 9.17) is 11.6 Å². The molecule has 1 saturated carbocycles. The largest absolute Gasteiger partial charge is 0.313 e. The Morgan fingerprint density at radius 3 is 2.94 bits per heavy atom. The molecule has 0 spiro atoms. The van der Waals surface area contributed by atoms with E-state index in [1.807, 2.05) is 12.1 Å². The minimum absolute atomic E-state index is 0.202. The quantitative estimate of drug-likeness (QED) is 0.774. The average molecular weight is 335 g/mol. The van der Waals surface area contributed by atoms with Gasteiger partial charge in [0.05, 0.1) is 5.02 Å². The zero-order chi connectivity index (χ0) is 13.1. The summed E-state index contributed by atoms with van der Waals surface area (Å²) in [4.78, 5) is 0. The summed E-state index contributed by atoms with van der Waals surface area (Å²) in [5.74, 6) is -0.0107. The van der Waals surface area contributed by atoms with Crippen LogP contribution in [0.3, 0.4) is 0 Å². The van der Waals surface area contributed by atoms with Crippen LogP contribution in [0.15, 0.2) is 16.6 Å². The summed E-state index contributed by atoms with van der Waals surface area (Å²) in [5.41, 5.74) is 0.759. The van der Waals surface area contributed by atoms with E-state index in [-0.39, 0.29) is 16.8 Å². The van der Waals surface area contributed by atoms with Crippen LogP contribution in [0, 0.1) is 5.82 Å². The third kappa shape index (κ3) is 2.89. The second-order valence-corrected chi connectivity index (χ2v) is 6.09. The molecule has 2 rings (SSSR count). The Kier molecular flexibility index (Phi) is 5.05. The normalized spacial score (nSPS) is 23.6. The van der Waals surface area contributed by atoms with Crippen LogP contribution < -0.4 is 5.32 Å². The maximum atomic E-state index is 14.2. The Labute approximate surface area is 121 Å². The van der Waals surface area contributed by atoms with Crippen LogP contribution in [-0.4, -0.2) is 12.6 Å². The molecule has 100 valence electrons. The molecule has 4 heteroatoms. The molecule has 1 aromatic carbocycles. The molecule has 1 fully saturated rings. The lowest BCUT2D eigenvalue weighted by Gasteiger charge is -2.22. The van der Waals surface area contributed by atoms with Gasteiger partial charge in [-0.15, -0.1) is 0 Å². The van der Waals surface area contributed by atoms with E-state index in [9.17, 15) is 4.39 Å². The molecule has 1 aliphatic rings. The molecule has 0 amide bonds. The van der Waals surface area contributed by atoms with Crippen molar-refractivity contribution in [3.05, 3.63) is 33.0 Å². The molecular formula is C14H18BrClFN. The van der Waals surface area contributed by atoms with Gasteiger partial charge in [-0.1, -0.05) is 31.0 Å². The van der Waals surface area contributed by atoms with Crippen molar-refractivity contribution in [1.29, 1.82) is 0 Å². The zero-order valence-corrected chi connectivity index (χ0v) is 12.8. The van der Waals surface area contributed by atoms with E-state index in [1.54, 1.807) is 0 Å². The first-order valence-corrected chi connectivity index (χ1v) is 7.69. The number of halogens is 3. The van der Waals surface area contributed by atoms with Gasteiger partial charge in [-0.05, 0) is 53.4 Å². The number of hydrogen-bond acceptors (Lipinski definition) is 1. The fourth-order valence-corrected chi connectivity index (χ4v) is 3.21. The molecule has 18 heavy (non-hydrogen) atoms. The predicted molar refractivity (Wildman–Crippen MR) is 77.8 cm³/mol. The molecule has 1 nitrogen and oxygen atoms in total. The van der Waals surface area contributed by atoms with Crippen LogP contribution >= 0.6 is 27.5 Å². The molecular weight excluding hydrogens is 317 g/mol. The second-order valence-electron chi connectivity index (χ2n) is 4.86. The lowest BCUT2D eigenvalue weighted by Crippen LogP contribution is -2.32. The molecule has 1 aromatic rings. The molecule has 1 N–H and O–H groups in total. The highest BCUT2D eigenvalue weighted by Crippen LogP contribution is 2.39. The van der Waals surface area contributed by atoms with Gasteiger partial charge in [0.1, 0.15) is 5.82 Å². The van der Waals surface area contributed by atoms with Crippen molar-refractivity contribution in [2.75, 3.05) is 6.54 Å². The molecule has 0 aliphatic heterocycles. The third-order valence-corrected chi connectivity index (χ3v) is 4.90. The third-order valence-electron chi connectivity index (χ3n) is 3.64. The van der Waals surface area contributed by atoms with Crippen LogP contribution in [0.2, 0.25) is 5.02 Å². The summed E-state index contributed by atoms with van der Waals surface area (Å²) in [6.45, 7) is 3.14. The molecule has 0 radical (unpaired) electrons. The van der Waals surface area contributed by atoms with Crippen molar-refractivity contribution in [3.63, 3.8) is 0 Å². The van der Waals surface area contributed by atoms with Gasteiger partial charge in [0.25, 0.3) is 0 Å². The highest BCUT2D eigenvalue weighted by molar-refractivity contribution is 9.10. The lowest BCUT2D eigenvalue weighted by molar-refractivity contribution is 0.464. The number of hydrogen-bond donors (Lipinski definition) is 1. The van der Waals surface area contributed by atoms with E-state index in [2.05, 4.69) is 28.2 Å². The molecule has 0 saturated heterocycles. The SMILES string of the molecule is CCCNC1CCCC1c1ccc(Br)c(Cl)c1F. The van der Waals surface area contributed by atoms with E-state index >= 15 is 0 Å². The molecule has 2 unspecified atom stereocenters. The Balaban J connectivity index is 2.22. The summed E-state index contributed by atoms with van der Waals surface area (Å²) in [5, 5.41) is 3.72. The summed E-state index contributed by atoms with van der Waals surface area (Å²) in [7, 11) is 0.